The first-order valence-corrected chi connectivity index (χ1v) is 10.9. The number of rotatable bonds is 7. The molecule has 156 valence electrons. The molecule has 5 nitrogen and oxygen atoms in total. The predicted octanol–water partition coefficient (Wildman–Crippen LogP) is 3.70. The zero-order valence-corrected chi connectivity index (χ0v) is 17.3. The summed E-state index contributed by atoms with van der Waals surface area (Å²) in [6.07, 6.45) is 9.37. The molecule has 4 rings (SSSR count). The molecule has 0 radical (unpaired) electrons. The van der Waals surface area contributed by atoms with Crippen molar-refractivity contribution in [1.82, 2.24) is 0 Å². The molecular formula is C23H34O5. The Morgan fingerprint density at radius 2 is 1.86 bits per heavy atom. The van der Waals surface area contributed by atoms with Gasteiger partial charge in [0, 0.05) is 30.8 Å². The molecule has 3 saturated carbocycles. The van der Waals surface area contributed by atoms with Crippen LogP contribution in [0.1, 0.15) is 58.3 Å². The van der Waals surface area contributed by atoms with Crippen LogP contribution in [-0.4, -0.2) is 45.3 Å². The Balaban J connectivity index is 1.53. The number of ketones is 2. The van der Waals surface area contributed by atoms with Crippen LogP contribution in [-0.2, 0) is 23.8 Å². The lowest BCUT2D eigenvalue weighted by atomic mass is 9.47. The number of methoxy groups -OCH3 is 1. The summed E-state index contributed by atoms with van der Waals surface area (Å²) < 4.78 is 16.6. The highest BCUT2D eigenvalue weighted by Crippen LogP contribution is 2.64. The van der Waals surface area contributed by atoms with Crippen LogP contribution in [0.4, 0.5) is 0 Å². The van der Waals surface area contributed by atoms with E-state index in [0.29, 0.717) is 49.8 Å². The Bertz CT molecular complexity index is 655. The van der Waals surface area contributed by atoms with Crippen LogP contribution in [0.2, 0.25) is 0 Å². The van der Waals surface area contributed by atoms with Crippen molar-refractivity contribution >= 4 is 11.6 Å². The van der Waals surface area contributed by atoms with Gasteiger partial charge in [0.25, 0.3) is 0 Å². The lowest BCUT2D eigenvalue weighted by molar-refractivity contribution is -0.140. The zero-order valence-electron chi connectivity index (χ0n) is 17.3. The molecule has 0 saturated heterocycles. The van der Waals surface area contributed by atoms with Gasteiger partial charge in [-0.05, 0) is 62.4 Å². The minimum atomic E-state index is -0.113. The van der Waals surface area contributed by atoms with Crippen molar-refractivity contribution in [3.63, 3.8) is 0 Å². The summed E-state index contributed by atoms with van der Waals surface area (Å²) in [6, 6.07) is 0. The van der Waals surface area contributed by atoms with E-state index in [1.807, 2.05) is 6.08 Å². The Kier molecular flexibility index (Phi) is 5.78. The molecule has 0 bridgehead atoms. The maximum atomic E-state index is 12.6. The molecule has 0 amide bonds. The van der Waals surface area contributed by atoms with E-state index >= 15 is 0 Å². The van der Waals surface area contributed by atoms with E-state index in [1.54, 1.807) is 7.11 Å². The van der Waals surface area contributed by atoms with Crippen LogP contribution < -0.4 is 0 Å². The predicted molar refractivity (Wildman–Crippen MR) is 105 cm³/mol. The fourth-order valence-electron chi connectivity index (χ4n) is 6.89. The Labute approximate surface area is 168 Å². The number of hydrogen-bond acceptors (Lipinski definition) is 5. The SMILES string of the molecule is COCCOCOC[C@]12CCC(=O)C=C1CC[C@@H]1[C@H]2CC[C@]2(C)C(=O)CC[C@@H]12. The van der Waals surface area contributed by atoms with Gasteiger partial charge in [0.15, 0.2) is 5.78 Å². The quantitative estimate of drug-likeness (QED) is 0.490. The van der Waals surface area contributed by atoms with Gasteiger partial charge in [-0.25, -0.2) is 0 Å². The molecule has 0 aromatic heterocycles. The molecule has 0 aromatic carbocycles. The van der Waals surface area contributed by atoms with Crippen LogP contribution in [0.3, 0.4) is 0 Å². The molecule has 5 atom stereocenters. The molecule has 5 heteroatoms. The number of carbonyl (C=O) groups is 2. The van der Waals surface area contributed by atoms with E-state index < -0.39 is 0 Å². The fourth-order valence-corrected chi connectivity index (χ4v) is 6.89. The van der Waals surface area contributed by atoms with Crippen molar-refractivity contribution < 1.29 is 23.8 Å². The largest absolute Gasteiger partial charge is 0.382 e. The first-order chi connectivity index (χ1) is 13.5. The average Bonchev–Trinajstić information content (AvgIpc) is 2.99. The summed E-state index contributed by atoms with van der Waals surface area (Å²) in [7, 11) is 1.66. The molecule has 0 heterocycles. The van der Waals surface area contributed by atoms with Gasteiger partial charge in [-0.2, -0.15) is 0 Å². The molecule has 4 aliphatic rings. The summed E-state index contributed by atoms with van der Waals surface area (Å²) in [5.41, 5.74) is 1.14. The van der Waals surface area contributed by atoms with Gasteiger partial charge in [0.1, 0.15) is 12.6 Å². The summed E-state index contributed by atoms with van der Waals surface area (Å²) in [5, 5.41) is 0. The van der Waals surface area contributed by atoms with Gasteiger partial charge in [0.05, 0.1) is 19.8 Å². The number of Topliss-reactive ketones (excluding diaryl/α,β-unsaturated/α-hetero) is 1. The highest BCUT2D eigenvalue weighted by molar-refractivity contribution is 5.91. The number of ether oxygens (including phenoxy) is 3. The number of hydrogen-bond donors (Lipinski definition) is 0. The molecule has 0 spiro atoms. The van der Waals surface area contributed by atoms with Crippen LogP contribution in [0.25, 0.3) is 0 Å². The van der Waals surface area contributed by atoms with Crippen LogP contribution in [0.5, 0.6) is 0 Å². The van der Waals surface area contributed by atoms with Crippen molar-refractivity contribution in [1.29, 1.82) is 0 Å². The molecule has 0 unspecified atom stereocenters. The van der Waals surface area contributed by atoms with E-state index in [4.69, 9.17) is 14.2 Å². The standard InChI is InChI=1S/C23H34O5/c1-22-9-8-20-18(19(22)5-6-21(22)25)4-3-16-13-17(24)7-10-23(16,20)14-28-15-27-12-11-26-2/h13,18-20H,3-12,14-15H2,1-2H3/t18-,19-,20+,22-,23+/m0/s1. The smallest absolute Gasteiger partial charge is 0.155 e. The summed E-state index contributed by atoms with van der Waals surface area (Å²) >= 11 is 0. The fraction of sp³-hybridized carbons (Fsp3) is 0.826. The van der Waals surface area contributed by atoms with E-state index in [9.17, 15) is 9.59 Å². The summed E-state index contributed by atoms with van der Waals surface area (Å²) in [6.45, 7) is 4.19. The first-order valence-electron chi connectivity index (χ1n) is 10.9. The second-order valence-electron chi connectivity index (χ2n) is 9.49. The molecule has 28 heavy (non-hydrogen) atoms. The van der Waals surface area contributed by atoms with Gasteiger partial charge >= 0.3 is 0 Å². The molecule has 0 aromatic rings. The highest BCUT2D eigenvalue weighted by Gasteiger charge is 2.60. The lowest BCUT2D eigenvalue weighted by Gasteiger charge is -2.57. The maximum Gasteiger partial charge on any atom is 0.155 e. The van der Waals surface area contributed by atoms with Crippen molar-refractivity contribution in [2.45, 2.75) is 58.3 Å². The second kappa shape index (κ2) is 8.00. The van der Waals surface area contributed by atoms with Crippen LogP contribution >= 0.6 is 0 Å². The Hall–Kier alpha value is -1.04. The Morgan fingerprint density at radius 3 is 2.68 bits per heavy atom. The minimum absolute atomic E-state index is 0.0472. The molecule has 0 N–H and O–H groups in total. The average molecular weight is 391 g/mol. The summed E-state index contributed by atoms with van der Waals surface area (Å²) in [4.78, 5) is 24.7. The highest BCUT2D eigenvalue weighted by atomic mass is 16.7. The van der Waals surface area contributed by atoms with Crippen molar-refractivity contribution in [2.24, 2.45) is 28.6 Å². The van der Waals surface area contributed by atoms with Crippen molar-refractivity contribution in [3.8, 4) is 0 Å². The van der Waals surface area contributed by atoms with Crippen LogP contribution in [0.15, 0.2) is 11.6 Å². The van der Waals surface area contributed by atoms with Gasteiger partial charge in [-0.1, -0.05) is 12.5 Å². The van der Waals surface area contributed by atoms with Crippen LogP contribution in [0, 0.1) is 28.6 Å². The van der Waals surface area contributed by atoms with Gasteiger partial charge < -0.3 is 14.2 Å². The zero-order chi connectivity index (χ0) is 19.8. The monoisotopic (exact) mass is 390 g/mol. The van der Waals surface area contributed by atoms with Crippen molar-refractivity contribution in [2.75, 3.05) is 33.7 Å². The third-order valence-corrected chi connectivity index (χ3v) is 8.35. The molecular weight excluding hydrogens is 356 g/mol. The van der Waals surface area contributed by atoms with E-state index in [0.717, 1.165) is 44.9 Å². The van der Waals surface area contributed by atoms with E-state index in [2.05, 4.69) is 6.92 Å². The Morgan fingerprint density at radius 1 is 1.00 bits per heavy atom. The third-order valence-electron chi connectivity index (χ3n) is 8.35. The maximum absolute atomic E-state index is 12.6. The van der Waals surface area contributed by atoms with Crippen molar-refractivity contribution in [3.05, 3.63) is 11.6 Å². The number of fused-ring (bicyclic) bond motifs is 5. The first kappa shape index (κ1) is 20.2. The lowest BCUT2D eigenvalue weighted by Crippen LogP contribution is -2.53. The van der Waals surface area contributed by atoms with Gasteiger partial charge in [0.2, 0.25) is 0 Å². The summed E-state index contributed by atoms with van der Waals surface area (Å²) in [5.74, 6) is 2.34. The minimum Gasteiger partial charge on any atom is -0.382 e. The van der Waals surface area contributed by atoms with Gasteiger partial charge in [-0.3, -0.25) is 9.59 Å². The third kappa shape index (κ3) is 3.29. The molecule has 3 fully saturated rings. The topological polar surface area (TPSA) is 61.8 Å². The van der Waals surface area contributed by atoms with E-state index in [1.165, 1.54) is 5.57 Å². The van der Waals surface area contributed by atoms with E-state index in [-0.39, 0.29) is 23.4 Å². The molecule has 4 aliphatic carbocycles. The second-order valence-corrected chi connectivity index (χ2v) is 9.49. The normalized spacial score (nSPS) is 39.9. The van der Waals surface area contributed by atoms with Gasteiger partial charge in [-0.15, -0.1) is 0 Å². The number of carbonyl (C=O) groups excluding carboxylic acids is 2. The molecule has 0 aliphatic heterocycles.